The van der Waals surface area contributed by atoms with E-state index in [9.17, 15) is 0 Å². The molecule has 0 unspecified atom stereocenters. The number of hydrogen-bond acceptors (Lipinski definition) is 4. The van der Waals surface area contributed by atoms with Crippen molar-refractivity contribution in [2.24, 2.45) is 0 Å². The molecule has 0 atom stereocenters. The molecule has 0 aliphatic heterocycles. The molecule has 21 heavy (non-hydrogen) atoms. The molecule has 0 fully saturated rings. The largest absolute Gasteiger partial charge is 0.489 e. The SMILES string of the molecule is CCCNCc1cc(OCc2c(C)noc2C)ccc1Br. The van der Waals surface area contributed by atoms with Gasteiger partial charge in [-0.1, -0.05) is 28.0 Å². The normalized spacial score (nSPS) is 10.9. The average molecular weight is 353 g/mol. The second kappa shape index (κ2) is 7.61. The van der Waals surface area contributed by atoms with E-state index in [2.05, 4.69) is 39.4 Å². The second-order valence-corrected chi connectivity index (χ2v) is 5.88. The maximum absolute atomic E-state index is 5.87. The van der Waals surface area contributed by atoms with Gasteiger partial charge in [0, 0.05) is 11.0 Å². The Balaban J connectivity index is 2.02. The first-order chi connectivity index (χ1) is 10.1. The van der Waals surface area contributed by atoms with Crippen molar-refractivity contribution >= 4 is 15.9 Å². The lowest BCUT2D eigenvalue weighted by molar-refractivity contribution is 0.301. The zero-order valence-electron chi connectivity index (χ0n) is 12.7. The van der Waals surface area contributed by atoms with E-state index < -0.39 is 0 Å². The maximum Gasteiger partial charge on any atom is 0.140 e. The lowest BCUT2D eigenvalue weighted by Gasteiger charge is -2.10. The van der Waals surface area contributed by atoms with Crippen LogP contribution in [0.15, 0.2) is 27.2 Å². The van der Waals surface area contributed by atoms with Gasteiger partial charge in [0.25, 0.3) is 0 Å². The third-order valence-electron chi connectivity index (χ3n) is 3.32. The van der Waals surface area contributed by atoms with Crippen molar-refractivity contribution in [2.75, 3.05) is 6.54 Å². The Hall–Kier alpha value is -1.33. The lowest BCUT2D eigenvalue weighted by Crippen LogP contribution is -2.14. The highest BCUT2D eigenvalue weighted by molar-refractivity contribution is 9.10. The summed E-state index contributed by atoms with van der Waals surface area (Å²) in [5.41, 5.74) is 3.10. The Morgan fingerprint density at radius 3 is 2.81 bits per heavy atom. The molecule has 0 saturated heterocycles. The van der Waals surface area contributed by atoms with Gasteiger partial charge in [0.05, 0.1) is 11.3 Å². The molecule has 0 bridgehead atoms. The fourth-order valence-corrected chi connectivity index (χ4v) is 2.43. The standard InChI is InChI=1S/C16H21BrN2O2/c1-4-7-18-9-13-8-14(5-6-16(13)17)20-10-15-11(2)19-21-12(15)3/h5-6,8,18H,4,7,9-10H2,1-3H3. The molecule has 0 saturated carbocycles. The predicted octanol–water partition coefficient (Wildman–Crippen LogP) is 4.13. The monoisotopic (exact) mass is 352 g/mol. The molecule has 114 valence electrons. The lowest BCUT2D eigenvalue weighted by atomic mass is 10.2. The zero-order valence-corrected chi connectivity index (χ0v) is 14.3. The molecule has 5 heteroatoms. The molecule has 0 aliphatic rings. The van der Waals surface area contributed by atoms with Crippen LogP contribution in [0, 0.1) is 13.8 Å². The fourth-order valence-electron chi connectivity index (χ4n) is 2.04. The van der Waals surface area contributed by atoms with Crippen LogP contribution in [-0.2, 0) is 13.2 Å². The van der Waals surface area contributed by atoms with E-state index in [0.717, 1.165) is 46.8 Å². The first-order valence-corrected chi connectivity index (χ1v) is 7.94. The average Bonchev–Trinajstić information content (AvgIpc) is 2.79. The Morgan fingerprint density at radius 2 is 2.14 bits per heavy atom. The minimum Gasteiger partial charge on any atom is -0.489 e. The molecule has 0 radical (unpaired) electrons. The van der Waals surface area contributed by atoms with Crippen molar-refractivity contribution in [2.45, 2.75) is 40.3 Å². The minimum atomic E-state index is 0.477. The minimum absolute atomic E-state index is 0.477. The van der Waals surface area contributed by atoms with Gasteiger partial charge >= 0.3 is 0 Å². The number of nitrogens with one attached hydrogen (secondary N) is 1. The highest BCUT2D eigenvalue weighted by Gasteiger charge is 2.10. The zero-order chi connectivity index (χ0) is 15.2. The first-order valence-electron chi connectivity index (χ1n) is 7.15. The molecule has 2 aromatic rings. The number of benzene rings is 1. The van der Waals surface area contributed by atoms with E-state index in [0.29, 0.717) is 6.61 Å². The van der Waals surface area contributed by atoms with Crippen molar-refractivity contribution in [3.05, 3.63) is 45.3 Å². The maximum atomic E-state index is 5.87. The molecule has 1 heterocycles. The molecule has 0 aliphatic carbocycles. The summed E-state index contributed by atoms with van der Waals surface area (Å²) in [6, 6.07) is 6.04. The summed E-state index contributed by atoms with van der Waals surface area (Å²) < 4.78 is 12.1. The number of rotatable bonds is 7. The van der Waals surface area contributed by atoms with Crippen LogP contribution in [0.2, 0.25) is 0 Å². The van der Waals surface area contributed by atoms with Gasteiger partial charge in [-0.05, 0) is 50.6 Å². The quantitative estimate of drug-likeness (QED) is 0.761. The van der Waals surface area contributed by atoms with Gasteiger partial charge in [-0.15, -0.1) is 0 Å². The van der Waals surface area contributed by atoms with Gasteiger partial charge in [0.15, 0.2) is 0 Å². The summed E-state index contributed by atoms with van der Waals surface area (Å²) in [5, 5.41) is 7.33. The molecule has 1 aromatic heterocycles. The van der Waals surface area contributed by atoms with Crippen LogP contribution in [0.5, 0.6) is 5.75 Å². The van der Waals surface area contributed by atoms with Crippen LogP contribution in [0.1, 0.15) is 35.9 Å². The molecule has 1 N–H and O–H groups in total. The van der Waals surface area contributed by atoms with E-state index in [1.807, 2.05) is 26.0 Å². The molecule has 0 amide bonds. The van der Waals surface area contributed by atoms with Crippen molar-refractivity contribution in [1.82, 2.24) is 10.5 Å². The van der Waals surface area contributed by atoms with Crippen molar-refractivity contribution in [3.8, 4) is 5.75 Å². The third-order valence-corrected chi connectivity index (χ3v) is 4.10. The van der Waals surface area contributed by atoms with Gasteiger partial charge in [0.1, 0.15) is 18.1 Å². The van der Waals surface area contributed by atoms with Crippen LogP contribution in [0.25, 0.3) is 0 Å². The van der Waals surface area contributed by atoms with Crippen molar-refractivity contribution in [3.63, 3.8) is 0 Å². The Labute approximate surface area is 134 Å². The van der Waals surface area contributed by atoms with Gasteiger partial charge in [-0.2, -0.15) is 0 Å². The third kappa shape index (κ3) is 4.32. The summed E-state index contributed by atoms with van der Waals surface area (Å²) in [6.45, 7) is 8.31. The van der Waals surface area contributed by atoms with E-state index in [4.69, 9.17) is 9.26 Å². The number of halogens is 1. The summed E-state index contributed by atoms with van der Waals surface area (Å²) in [5.74, 6) is 1.67. The van der Waals surface area contributed by atoms with E-state index in [1.54, 1.807) is 0 Å². The molecule has 4 nitrogen and oxygen atoms in total. The van der Waals surface area contributed by atoms with Gasteiger partial charge < -0.3 is 14.6 Å². The summed E-state index contributed by atoms with van der Waals surface area (Å²) in [7, 11) is 0. The second-order valence-electron chi connectivity index (χ2n) is 5.02. The van der Waals surface area contributed by atoms with Crippen LogP contribution < -0.4 is 10.1 Å². The van der Waals surface area contributed by atoms with Crippen molar-refractivity contribution < 1.29 is 9.26 Å². The van der Waals surface area contributed by atoms with Crippen LogP contribution in [0.4, 0.5) is 0 Å². The summed E-state index contributed by atoms with van der Waals surface area (Å²) in [6.07, 6.45) is 1.12. The topological polar surface area (TPSA) is 47.3 Å². The number of hydrogen-bond donors (Lipinski definition) is 1. The van der Waals surface area contributed by atoms with Gasteiger partial charge in [-0.25, -0.2) is 0 Å². The number of nitrogens with zero attached hydrogens (tertiary/aromatic N) is 1. The fraction of sp³-hybridized carbons (Fsp3) is 0.438. The molecule has 0 spiro atoms. The number of aryl methyl sites for hydroxylation is 2. The smallest absolute Gasteiger partial charge is 0.140 e. The van der Waals surface area contributed by atoms with Crippen LogP contribution >= 0.6 is 15.9 Å². The summed E-state index contributed by atoms with van der Waals surface area (Å²) in [4.78, 5) is 0. The van der Waals surface area contributed by atoms with Gasteiger partial charge in [0.2, 0.25) is 0 Å². The highest BCUT2D eigenvalue weighted by atomic mass is 79.9. The van der Waals surface area contributed by atoms with E-state index in [1.165, 1.54) is 5.56 Å². The number of aromatic nitrogens is 1. The highest BCUT2D eigenvalue weighted by Crippen LogP contribution is 2.24. The van der Waals surface area contributed by atoms with E-state index >= 15 is 0 Å². The van der Waals surface area contributed by atoms with Crippen molar-refractivity contribution in [1.29, 1.82) is 0 Å². The molecule has 1 aromatic carbocycles. The van der Waals surface area contributed by atoms with Crippen LogP contribution in [0.3, 0.4) is 0 Å². The molecular formula is C16H21BrN2O2. The van der Waals surface area contributed by atoms with Crippen LogP contribution in [-0.4, -0.2) is 11.7 Å². The number of ether oxygens (including phenoxy) is 1. The summed E-state index contributed by atoms with van der Waals surface area (Å²) >= 11 is 3.58. The predicted molar refractivity (Wildman–Crippen MR) is 86.4 cm³/mol. The van der Waals surface area contributed by atoms with Gasteiger partial charge in [-0.3, -0.25) is 0 Å². The first kappa shape index (κ1) is 16.0. The van der Waals surface area contributed by atoms with E-state index in [-0.39, 0.29) is 0 Å². The Bertz CT molecular complexity index is 576. The Morgan fingerprint density at radius 1 is 1.33 bits per heavy atom. The Kier molecular flexibility index (Phi) is 5.82. The molecular weight excluding hydrogens is 332 g/mol. The molecule has 2 rings (SSSR count).